The van der Waals surface area contributed by atoms with Crippen LogP contribution < -0.4 is 9.80 Å². The molecule has 9 aromatic carbocycles. The average molecular weight is 731 g/mol. The molecule has 1 aliphatic carbocycles. The Balaban J connectivity index is 1.24. The summed E-state index contributed by atoms with van der Waals surface area (Å²) in [6.45, 7) is 4.71. The fourth-order valence-corrected chi connectivity index (χ4v) is 8.81. The fourth-order valence-electron chi connectivity index (χ4n) is 8.81. The van der Waals surface area contributed by atoms with Crippen LogP contribution in [0.1, 0.15) is 25.0 Å². The maximum atomic E-state index is 2.43. The first-order valence-electron chi connectivity index (χ1n) is 19.8. The lowest BCUT2D eigenvalue weighted by Crippen LogP contribution is -2.17. The van der Waals surface area contributed by atoms with Gasteiger partial charge in [0, 0.05) is 39.5 Å². The van der Waals surface area contributed by atoms with E-state index in [4.69, 9.17) is 0 Å². The summed E-state index contributed by atoms with van der Waals surface area (Å²) >= 11 is 0. The van der Waals surface area contributed by atoms with Crippen molar-refractivity contribution in [2.24, 2.45) is 0 Å². The molecule has 1 aliphatic rings. The maximum Gasteiger partial charge on any atom is 0.0488 e. The molecule has 0 atom stereocenters. The van der Waals surface area contributed by atoms with E-state index in [1.807, 2.05) is 0 Å². The van der Waals surface area contributed by atoms with Gasteiger partial charge >= 0.3 is 0 Å². The Morgan fingerprint density at radius 2 is 0.789 bits per heavy atom. The SMILES string of the molecule is CC1(C)c2ccccc2-c2ccc(N(c3ccccc3)c3cc(-c4cc(-c5ccccc5)c5ccccc5c4)cc(N(c4ccccc4)c4ccccc4)c3)cc21. The van der Waals surface area contributed by atoms with Crippen molar-refractivity contribution < 1.29 is 0 Å². The number of hydrogen-bond donors (Lipinski definition) is 0. The third kappa shape index (κ3) is 6.16. The molecule has 57 heavy (non-hydrogen) atoms. The first-order chi connectivity index (χ1) is 28.0. The maximum absolute atomic E-state index is 2.43. The minimum absolute atomic E-state index is 0.131. The second-order valence-corrected chi connectivity index (χ2v) is 15.4. The van der Waals surface area contributed by atoms with Gasteiger partial charge in [-0.2, -0.15) is 0 Å². The Morgan fingerprint density at radius 1 is 0.298 bits per heavy atom. The van der Waals surface area contributed by atoms with Crippen LogP contribution in [0.15, 0.2) is 218 Å². The third-order valence-corrected chi connectivity index (χ3v) is 11.6. The van der Waals surface area contributed by atoms with Gasteiger partial charge in [0.05, 0.1) is 0 Å². The summed E-state index contributed by atoms with van der Waals surface area (Å²) in [5.74, 6) is 0. The molecule has 0 fully saturated rings. The smallest absolute Gasteiger partial charge is 0.0488 e. The van der Waals surface area contributed by atoms with Crippen LogP contribution in [0.3, 0.4) is 0 Å². The zero-order chi connectivity index (χ0) is 38.3. The molecular weight excluding hydrogens is 689 g/mol. The molecule has 2 heteroatoms. The lowest BCUT2D eigenvalue weighted by Gasteiger charge is -2.31. The Kier molecular flexibility index (Phi) is 8.53. The number of anilines is 6. The number of benzene rings is 9. The molecule has 0 amide bonds. The quantitative estimate of drug-likeness (QED) is 0.154. The highest BCUT2D eigenvalue weighted by molar-refractivity contribution is 6.01. The van der Waals surface area contributed by atoms with Crippen molar-refractivity contribution in [1.29, 1.82) is 0 Å². The van der Waals surface area contributed by atoms with Crippen LogP contribution >= 0.6 is 0 Å². The molecule has 0 radical (unpaired) electrons. The van der Waals surface area contributed by atoms with Gasteiger partial charge in [-0.05, 0) is 134 Å². The summed E-state index contributed by atoms with van der Waals surface area (Å²) in [5, 5.41) is 2.45. The van der Waals surface area contributed by atoms with Gasteiger partial charge in [-0.25, -0.2) is 0 Å². The monoisotopic (exact) mass is 730 g/mol. The van der Waals surface area contributed by atoms with Gasteiger partial charge in [-0.3, -0.25) is 0 Å². The van der Waals surface area contributed by atoms with Gasteiger partial charge in [0.25, 0.3) is 0 Å². The van der Waals surface area contributed by atoms with Crippen LogP contribution in [0.4, 0.5) is 34.1 Å². The number of hydrogen-bond acceptors (Lipinski definition) is 2. The molecule has 0 saturated carbocycles. The van der Waals surface area contributed by atoms with E-state index in [0.717, 1.165) is 45.3 Å². The standard InChI is InChI=1S/C55H42N2/c1-55(2)53-30-18-17-29-50(53)51-32-31-46(38-54(51)55)57(45-26-13-6-14-27-45)48-35-42(34-47(37-48)56(43-22-9-4-10-23-43)44-24-11-5-12-25-44)41-33-40-21-15-16-28-49(40)52(36-41)39-19-7-3-8-20-39/h3-38H,1-2H3. The first-order valence-corrected chi connectivity index (χ1v) is 19.8. The lowest BCUT2D eigenvalue weighted by atomic mass is 9.82. The zero-order valence-corrected chi connectivity index (χ0v) is 32.2. The Hall–Kier alpha value is -7.16. The van der Waals surface area contributed by atoms with Crippen molar-refractivity contribution in [2.75, 3.05) is 9.80 Å². The molecule has 0 N–H and O–H groups in total. The predicted molar refractivity (Wildman–Crippen MR) is 242 cm³/mol. The molecule has 0 aliphatic heterocycles. The van der Waals surface area contributed by atoms with Crippen LogP contribution in [0, 0.1) is 0 Å². The van der Waals surface area contributed by atoms with Crippen molar-refractivity contribution in [1.82, 2.24) is 0 Å². The summed E-state index contributed by atoms with van der Waals surface area (Å²) in [6.07, 6.45) is 0. The summed E-state index contributed by atoms with van der Waals surface area (Å²) < 4.78 is 0. The van der Waals surface area contributed by atoms with Crippen LogP contribution in [-0.2, 0) is 5.41 Å². The van der Waals surface area contributed by atoms with Gasteiger partial charge in [0.1, 0.15) is 0 Å². The van der Waals surface area contributed by atoms with E-state index < -0.39 is 0 Å². The number of fused-ring (bicyclic) bond motifs is 4. The average Bonchev–Trinajstić information content (AvgIpc) is 3.50. The Morgan fingerprint density at radius 3 is 1.42 bits per heavy atom. The normalized spacial score (nSPS) is 12.5. The summed E-state index contributed by atoms with van der Waals surface area (Å²) in [6, 6.07) is 79.4. The molecular formula is C55H42N2. The van der Waals surface area contributed by atoms with E-state index in [-0.39, 0.29) is 5.41 Å². The van der Waals surface area contributed by atoms with Gasteiger partial charge < -0.3 is 9.80 Å². The van der Waals surface area contributed by atoms with Gasteiger partial charge in [-0.15, -0.1) is 0 Å². The number of nitrogens with zero attached hydrogens (tertiary/aromatic N) is 2. The van der Waals surface area contributed by atoms with E-state index in [0.29, 0.717) is 0 Å². The van der Waals surface area contributed by atoms with Gasteiger partial charge in [0.15, 0.2) is 0 Å². The van der Waals surface area contributed by atoms with Gasteiger partial charge in [0.2, 0.25) is 0 Å². The van der Waals surface area contributed by atoms with E-state index in [1.165, 1.54) is 44.2 Å². The van der Waals surface area contributed by atoms with Crippen molar-refractivity contribution in [3.8, 4) is 33.4 Å². The number of rotatable bonds is 8. The Bertz CT molecular complexity index is 2820. The topological polar surface area (TPSA) is 6.48 Å². The molecule has 0 aromatic heterocycles. The van der Waals surface area contributed by atoms with Crippen molar-refractivity contribution in [3.63, 3.8) is 0 Å². The molecule has 0 heterocycles. The van der Waals surface area contributed by atoms with Crippen molar-refractivity contribution in [3.05, 3.63) is 230 Å². The Labute approximate surface area is 335 Å². The molecule has 2 nitrogen and oxygen atoms in total. The molecule has 9 aromatic rings. The molecule has 0 saturated heterocycles. The molecule has 0 bridgehead atoms. The van der Waals surface area contributed by atoms with Gasteiger partial charge in [-0.1, -0.05) is 153 Å². The lowest BCUT2D eigenvalue weighted by molar-refractivity contribution is 0.660. The van der Waals surface area contributed by atoms with E-state index in [2.05, 4.69) is 242 Å². The molecule has 0 unspecified atom stereocenters. The van der Waals surface area contributed by atoms with E-state index >= 15 is 0 Å². The first kappa shape index (κ1) is 34.3. The zero-order valence-electron chi connectivity index (χ0n) is 32.2. The largest absolute Gasteiger partial charge is 0.310 e. The third-order valence-electron chi connectivity index (χ3n) is 11.6. The second-order valence-electron chi connectivity index (χ2n) is 15.4. The second kappa shape index (κ2) is 14.2. The highest BCUT2D eigenvalue weighted by atomic mass is 15.2. The predicted octanol–water partition coefficient (Wildman–Crippen LogP) is 15.4. The van der Waals surface area contributed by atoms with E-state index in [9.17, 15) is 0 Å². The fraction of sp³-hybridized carbons (Fsp3) is 0.0545. The summed E-state index contributed by atoms with van der Waals surface area (Å²) in [4.78, 5) is 4.80. The van der Waals surface area contributed by atoms with Crippen LogP contribution in [-0.4, -0.2) is 0 Å². The highest BCUT2D eigenvalue weighted by Gasteiger charge is 2.35. The minimum atomic E-state index is -0.131. The summed E-state index contributed by atoms with van der Waals surface area (Å²) in [5.41, 5.74) is 16.5. The van der Waals surface area contributed by atoms with Crippen LogP contribution in [0.2, 0.25) is 0 Å². The minimum Gasteiger partial charge on any atom is -0.310 e. The molecule has 0 spiro atoms. The van der Waals surface area contributed by atoms with E-state index in [1.54, 1.807) is 0 Å². The highest BCUT2D eigenvalue weighted by Crippen LogP contribution is 2.51. The summed E-state index contributed by atoms with van der Waals surface area (Å²) in [7, 11) is 0. The van der Waals surface area contributed by atoms with Crippen molar-refractivity contribution >= 4 is 44.9 Å². The van der Waals surface area contributed by atoms with Crippen molar-refractivity contribution in [2.45, 2.75) is 19.3 Å². The van der Waals surface area contributed by atoms with Crippen LogP contribution in [0.25, 0.3) is 44.2 Å². The number of para-hydroxylation sites is 3. The molecule has 272 valence electrons. The molecule has 10 rings (SSSR count). The van der Waals surface area contributed by atoms with Crippen LogP contribution in [0.5, 0.6) is 0 Å².